The molecule has 27 heavy (non-hydrogen) atoms. The normalized spacial score (nSPS) is 24.7. The number of nitrogens with one attached hydrogen (secondary N) is 1. The Labute approximate surface area is 157 Å². The fraction of sp³-hybridized carbons (Fsp3) is 0.550. The molecule has 7 nitrogen and oxygen atoms in total. The first-order valence-corrected chi connectivity index (χ1v) is 9.39. The van der Waals surface area contributed by atoms with Crippen LogP contribution < -0.4 is 14.8 Å². The van der Waals surface area contributed by atoms with Gasteiger partial charge < -0.3 is 19.5 Å². The number of anilines is 1. The maximum atomic E-state index is 12.2. The van der Waals surface area contributed by atoms with Crippen LogP contribution >= 0.6 is 0 Å². The smallest absolute Gasteiger partial charge is 0.306 e. The molecule has 0 radical (unpaired) electrons. The van der Waals surface area contributed by atoms with Crippen molar-refractivity contribution >= 4 is 23.3 Å². The van der Waals surface area contributed by atoms with Gasteiger partial charge in [0.25, 0.3) is 5.91 Å². The van der Waals surface area contributed by atoms with Gasteiger partial charge in [0.15, 0.2) is 23.9 Å². The van der Waals surface area contributed by atoms with Crippen LogP contribution in [0.1, 0.15) is 49.4 Å². The first-order valence-electron chi connectivity index (χ1n) is 9.39. The van der Waals surface area contributed by atoms with Crippen LogP contribution in [0.5, 0.6) is 11.5 Å². The molecule has 1 N–H and O–H groups in total. The van der Waals surface area contributed by atoms with E-state index in [0.717, 1.165) is 12.3 Å². The van der Waals surface area contributed by atoms with Crippen LogP contribution in [0, 0.1) is 17.8 Å². The summed E-state index contributed by atoms with van der Waals surface area (Å²) in [7, 11) is 0. The monoisotopic (exact) mass is 373 g/mol. The predicted octanol–water partition coefficient (Wildman–Crippen LogP) is 2.93. The van der Waals surface area contributed by atoms with Crippen LogP contribution in [-0.2, 0) is 14.3 Å². The number of carbonyl (C=O) groups is 3. The van der Waals surface area contributed by atoms with E-state index in [9.17, 15) is 14.4 Å². The fourth-order valence-electron chi connectivity index (χ4n) is 4.57. The van der Waals surface area contributed by atoms with Crippen molar-refractivity contribution in [3.63, 3.8) is 0 Å². The van der Waals surface area contributed by atoms with Gasteiger partial charge in [-0.2, -0.15) is 0 Å². The minimum atomic E-state index is -0.488. The van der Waals surface area contributed by atoms with Crippen LogP contribution in [0.25, 0.3) is 0 Å². The van der Waals surface area contributed by atoms with E-state index in [0.29, 0.717) is 41.0 Å². The zero-order valence-corrected chi connectivity index (χ0v) is 15.3. The van der Waals surface area contributed by atoms with Crippen LogP contribution in [-0.4, -0.2) is 31.1 Å². The van der Waals surface area contributed by atoms with Crippen molar-refractivity contribution in [2.75, 3.05) is 18.7 Å². The number of benzene rings is 1. The second-order valence-electron chi connectivity index (χ2n) is 7.66. The third kappa shape index (κ3) is 3.77. The molecular weight excluding hydrogens is 350 g/mol. The lowest BCUT2D eigenvalue weighted by Gasteiger charge is -2.20. The number of hydrogen-bond acceptors (Lipinski definition) is 6. The molecule has 144 valence electrons. The Morgan fingerprint density at radius 3 is 2.59 bits per heavy atom. The number of carbonyl (C=O) groups excluding carboxylic acids is 3. The molecule has 0 spiro atoms. The van der Waals surface area contributed by atoms with Gasteiger partial charge in [-0.05, 0) is 50.0 Å². The molecule has 7 heteroatoms. The summed E-state index contributed by atoms with van der Waals surface area (Å²) in [6.45, 7) is 1.11. The zero-order chi connectivity index (χ0) is 19.0. The van der Waals surface area contributed by atoms with Crippen molar-refractivity contribution in [2.24, 2.45) is 17.8 Å². The fourth-order valence-corrected chi connectivity index (χ4v) is 4.57. The van der Waals surface area contributed by atoms with Crippen LogP contribution in [0.15, 0.2) is 12.1 Å². The molecule has 2 bridgehead atoms. The highest BCUT2D eigenvalue weighted by Gasteiger charge is 2.40. The number of hydrogen-bond donors (Lipinski definition) is 1. The van der Waals surface area contributed by atoms with E-state index in [4.69, 9.17) is 14.2 Å². The van der Waals surface area contributed by atoms with E-state index in [2.05, 4.69) is 5.32 Å². The minimum absolute atomic E-state index is 0.0741. The maximum Gasteiger partial charge on any atom is 0.306 e. The average Bonchev–Trinajstić information content (AvgIpc) is 3.35. The Bertz CT molecular complexity index is 789. The molecule has 2 fully saturated rings. The number of esters is 1. The molecular formula is C20H23NO6. The number of ether oxygens (including phenoxy) is 3. The molecule has 3 aliphatic rings. The summed E-state index contributed by atoms with van der Waals surface area (Å²) < 4.78 is 15.7. The zero-order valence-electron chi connectivity index (χ0n) is 15.3. The Balaban J connectivity index is 1.31. The summed E-state index contributed by atoms with van der Waals surface area (Å²) in [5, 5.41) is 2.63. The second kappa shape index (κ2) is 7.21. The first kappa shape index (κ1) is 17.8. The Morgan fingerprint density at radius 1 is 1.15 bits per heavy atom. The van der Waals surface area contributed by atoms with E-state index in [1.54, 1.807) is 12.1 Å². The summed E-state index contributed by atoms with van der Waals surface area (Å²) in [6, 6.07) is 3.09. The van der Waals surface area contributed by atoms with Gasteiger partial charge in [0.05, 0.1) is 5.69 Å². The van der Waals surface area contributed by atoms with Gasteiger partial charge in [-0.25, -0.2) is 0 Å². The van der Waals surface area contributed by atoms with Gasteiger partial charge in [0.2, 0.25) is 6.79 Å². The van der Waals surface area contributed by atoms with E-state index >= 15 is 0 Å². The van der Waals surface area contributed by atoms with Gasteiger partial charge in [-0.3, -0.25) is 14.4 Å². The molecule has 0 aromatic heterocycles. The standard InChI is InChI=1S/C20H23NO6/c1-11(22)15-7-17-18(27-10-26-17)8-16(15)21-19(23)9-25-20(24)6-14-5-12-2-3-13(14)4-12/h7-8,12-14H,2-6,9-10H2,1H3,(H,21,23)/t12-,13+,14+/m0/s1. The third-order valence-corrected chi connectivity index (χ3v) is 5.84. The number of fused-ring (bicyclic) bond motifs is 3. The number of ketones is 1. The highest BCUT2D eigenvalue weighted by molar-refractivity contribution is 6.05. The topological polar surface area (TPSA) is 90.9 Å². The van der Waals surface area contributed by atoms with Crippen molar-refractivity contribution in [3.05, 3.63) is 17.7 Å². The number of Topliss-reactive ketones (excluding diaryl/α,β-unsaturated/α-hetero) is 1. The van der Waals surface area contributed by atoms with E-state index in [-0.39, 0.29) is 25.2 Å². The minimum Gasteiger partial charge on any atom is -0.456 e. The molecule has 0 unspecified atom stereocenters. The Kier molecular flexibility index (Phi) is 4.76. The molecule has 2 aliphatic carbocycles. The van der Waals surface area contributed by atoms with Crippen LogP contribution in [0.4, 0.5) is 5.69 Å². The quantitative estimate of drug-likeness (QED) is 0.609. The molecule has 1 aromatic carbocycles. The van der Waals surface area contributed by atoms with Crippen molar-refractivity contribution in [2.45, 2.75) is 39.0 Å². The van der Waals surface area contributed by atoms with Crippen LogP contribution in [0.3, 0.4) is 0 Å². The van der Waals surface area contributed by atoms with Gasteiger partial charge in [0.1, 0.15) is 0 Å². The summed E-state index contributed by atoms with van der Waals surface area (Å²) in [5.74, 6) is 1.71. The maximum absolute atomic E-state index is 12.2. The SMILES string of the molecule is CC(=O)c1cc2c(cc1NC(=O)COC(=O)C[C@H]1C[C@H]3CC[C@@H]1C3)OCO2. The number of amides is 1. The summed E-state index contributed by atoms with van der Waals surface area (Å²) in [6.07, 6.45) is 5.21. The lowest BCUT2D eigenvalue weighted by atomic mass is 9.86. The lowest BCUT2D eigenvalue weighted by molar-refractivity contribution is -0.148. The molecule has 0 saturated heterocycles. The van der Waals surface area contributed by atoms with E-state index in [1.165, 1.54) is 26.2 Å². The molecule has 4 rings (SSSR count). The van der Waals surface area contributed by atoms with Crippen molar-refractivity contribution < 1.29 is 28.6 Å². The van der Waals surface area contributed by atoms with Gasteiger partial charge >= 0.3 is 5.97 Å². The summed E-state index contributed by atoms with van der Waals surface area (Å²) in [4.78, 5) is 36.1. The summed E-state index contributed by atoms with van der Waals surface area (Å²) >= 11 is 0. The third-order valence-electron chi connectivity index (χ3n) is 5.84. The van der Waals surface area contributed by atoms with Gasteiger partial charge in [-0.15, -0.1) is 0 Å². The lowest BCUT2D eigenvalue weighted by Crippen LogP contribution is -2.23. The molecule has 1 aliphatic heterocycles. The Hall–Kier alpha value is -2.57. The molecule has 3 atom stereocenters. The largest absolute Gasteiger partial charge is 0.456 e. The first-order chi connectivity index (χ1) is 13.0. The molecule has 1 heterocycles. The van der Waals surface area contributed by atoms with Crippen LogP contribution in [0.2, 0.25) is 0 Å². The highest BCUT2D eigenvalue weighted by Crippen LogP contribution is 2.49. The van der Waals surface area contributed by atoms with E-state index < -0.39 is 5.91 Å². The van der Waals surface area contributed by atoms with Crippen molar-refractivity contribution in [3.8, 4) is 11.5 Å². The highest BCUT2D eigenvalue weighted by atomic mass is 16.7. The number of rotatable bonds is 6. The second-order valence-corrected chi connectivity index (χ2v) is 7.66. The summed E-state index contributed by atoms with van der Waals surface area (Å²) in [5.41, 5.74) is 0.641. The molecule has 1 aromatic rings. The van der Waals surface area contributed by atoms with Crippen molar-refractivity contribution in [1.29, 1.82) is 0 Å². The van der Waals surface area contributed by atoms with Gasteiger partial charge in [0, 0.05) is 18.1 Å². The molecule has 1 amide bonds. The average molecular weight is 373 g/mol. The van der Waals surface area contributed by atoms with Gasteiger partial charge in [-0.1, -0.05) is 6.42 Å². The predicted molar refractivity (Wildman–Crippen MR) is 95.7 cm³/mol. The van der Waals surface area contributed by atoms with E-state index in [1.807, 2.05) is 0 Å². The Morgan fingerprint density at radius 2 is 1.93 bits per heavy atom. The van der Waals surface area contributed by atoms with Crippen molar-refractivity contribution in [1.82, 2.24) is 0 Å². The molecule has 2 saturated carbocycles.